The van der Waals surface area contributed by atoms with Crippen LogP contribution in [0.3, 0.4) is 0 Å². The first-order valence-electron chi connectivity index (χ1n) is 6.76. The summed E-state index contributed by atoms with van der Waals surface area (Å²) in [5, 5.41) is 7.54. The van der Waals surface area contributed by atoms with Crippen LogP contribution in [-0.4, -0.2) is 22.9 Å². The summed E-state index contributed by atoms with van der Waals surface area (Å²) >= 11 is 0. The predicted molar refractivity (Wildman–Crippen MR) is 71.2 cm³/mol. The Morgan fingerprint density at radius 1 is 1.53 bits per heavy atom. The summed E-state index contributed by atoms with van der Waals surface area (Å²) < 4.78 is 29.0. The summed E-state index contributed by atoms with van der Waals surface area (Å²) in [6, 6.07) is 1.55. The molecule has 1 aliphatic heterocycles. The number of hydrogen-bond acceptors (Lipinski definition) is 2. The summed E-state index contributed by atoms with van der Waals surface area (Å²) in [7, 11) is 1.58. The van der Waals surface area contributed by atoms with E-state index in [-0.39, 0.29) is 12.1 Å². The Kier molecular flexibility index (Phi) is 4.34. The second-order valence-corrected chi connectivity index (χ2v) is 5.24. The van der Waals surface area contributed by atoms with Gasteiger partial charge in [-0.15, -0.1) is 6.58 Å². The van der Waals surface area contributed by atoms with Crippen LogP contribution in [0.25, 0.3) is 0 Å². The van der Waals surface area contributed by atoms with Gasteiger partial charge in [0.05, 0.1) is 5.69 Å². The van der Waals surface area contributed by atoms with Crippen molar-refractivity contribution in [1.82, 2.24) is 15.1 Å². The molecule has 19 heavy (non-hydrogen) atoms. The van der Waals surface area contributed by atoms with Gasteiger partial charge in [0, 0.05) is 13.5 Å². The second-order valence-electron chi connectivity index (χ2n) is 5.24. The van der Waals surface area contributed by atoms with Gasteiger partial charge in [0.1, 0.15) is 5.69 Å². The molecule has 0 atom stereocenters. The highest BCUT2D eigenvalue weighted by Crippen LogP contribution is 2.32. The minimum atomic E-state index is -2.88. The quantitative estimate of drug-likeness (QED) is 0.833. The van der Waals surface area contributed by atoms with Crippen molar-refractivity contribution in [3.8, 4) is 0 Å². The fraction of sp³-hybridized carbons (Fsp3) is 0.643. The van der Waals surface area contributed by atoms with Crippen LogP contribution < -0.4 is 5.32 Å². The molecule has 0 saturated carbocycles. The number of rotatable bonds is 5. The molecule has 0 unspecified atom stereocenters. The number of nitrogens with zero attached hydrogens (tertiary/aromatic N) is 2. The number of aromatic nitrogens is 2. The Labute approximate surface area is 112 Å². The van der Waals surface area contributed by atoms with E-state index in [1.165, 1.54) is 10.8 Å². The zero-order chi connectivity index (χ0) is 13.9. The van der Waals surface area contributed by atoms with Gasteiger partial charge < -0.3 is 5.32 Å². The van der Waals surface area contributed by atoms with Crippen molar-refractivity contribution in [1.29, 1.82) is 0 Å². The summed E-state index contributed by atoms with van der Waals surface area (Å²) in [4.78, 5) is 0. The molecule has 1 fully saturated rings. The van der Waals surface area contributed by atoms with Gasteiger partial charge in [0.15, 0.2) is 0 Å². The van der Waals surface area contributed by atoms with Crippen molar-refractivity contribution in [2.45, 2.75) is 31.6 Å². The summed E-state index contributed by atoms with van der Waals surface area (Å²) in [5.74, 6) is -2.33. The molecule has 5 heteroatoms. The van der Waals surface area contributed by atoms with Crippen LogP contribution in [0.4, 0.5) is 8.78 Å². The van der Waals surface area contributed by atoms with Crippen LogP contribution in [0, 0.1) is 5.92 Å². The highest BCUT2D eigenvalue weighted by atomic mass is 19.3. The van der Waals surface area contributed by atoms with E-state index in [0.717, 1.165) is 38.0 Å². The Hall–Kier alpha value is -1.23. The van der Waals surface area contributed by atoms with Gasteiger partial charge in [-0.05, 0) is 44.3 Å². The van der Waals surface area contributed by atoms with Crippen LogP contribution in [0.1, 0.15) is 30.7 Å². The lowest BCUT2D eigenvalue weighted by atomic mass is 9.93. The molecule has 0 aromatic carbocycles. The number of hydrogen-bond donors (Lipinski definition) is 1. The number of aryl methyl sites for hydroxylation is 1. The zero-order valence-corrected chi connectivity index (χ0v) is 11.3. The van der Waals surface area contributed by atoms with Crippen molar-refractivity contribution < 1.29 is 8.78 Å². The van der Waals surface area contributed by atoms with Gasteiger partial charge in [-0.3, -0.25) is 4.68 Å². The molecule has 0 radical (unpaired) electrons. The lowest BCUT2D eigenvalue weighted by molar-refractivity contribution is -0.00912. The monoisotopic (exact) mass is 269 g/mol. The molecule has 0 spiro atoms. The molecule has 0 aliphatic carbocycles. The third kappa shape index (κ3) is 3.41. The van der Waals surface area contributed by atoms with Crippen molar-refractivity contribution >= 4 is 0 Å². The average Bonchev–Trinajstić information content (AvgIpc) is 2.72. The maximum absolute atomic E-state index is 13.9. The van der Waals surface area contributed by atoms with E-state index in [1.807, 2.05) is 0 Å². The van der Waals surface area contributed by atoms with Crippen molar-refractivity contribution in [2.75, 3.05) is 13.1 Å². The Morgan fingerprint density at radius 3 is 2.84 bits per heavy atom. The van der Waals surface area contributed by atoms with Gasteiger partial charge in [0.2, 0.25) is 0 Å². The highest BCUT2D eigenvalue weighted by molar-refractivity contribution is 5.17. The molecule has 1 aromatic rings. The molecule has 2 heterocycles. The number of nitrogens with one attached hydrogen (secondary N) is 1. The Bertz CT molecular complexity index is 434. The van der Waals surface area contributed by atoms with Gasteiger partial charge in [-0.2, -0.15) is 13.9 Å². The van der Waals surface area contributed by atoms with Crippen LogP contribution in [-0.2, 0) is 19.4 Å². The van der Waals surface area contributed by atoms with E-state index >= 15 is 0 Å². The molecule has 0 bridgehead atoms. The van der Waals surface area contributed by atoms with E-state index in [0.29, 0.717) is 5.92 Å². The predicted octanol–water partition coefficient (Wildman–Crippen LogP) is 2.63. The normalized spacial score (nSPS) is 17.6. The standard InChI is InChI=1S/C14H21F2N3/c1-3-6-14(15,16)13-10-12(18-19(13)2)9-11-4-7-17-8-5-11/h3,10-11,17H,1,4-9H2,2H3. The minimum absolute atomic E-state index is 0.0173. The van der Waals surface area contributed by atoms with Gasteiger partial charge >= 0.3 is 0 Å². The van der Waals surface area contributed by atoms with Gasteiger partial charge in [-0.1, -0.05) is 6.08 Å². The van der Waals surface area contributed by atoms with Crippen LogP contribution in [0.2, 0.25) is 0 Å². The Balaban J connectivity index is 2.09. The molecule has 106 valence electrons. The minimum Gasteiger partial charge on any atom is -0.317 e. The lowest BCUT2D eigenvalue weighted by Crippen LogP contribution is -2.28. The second kappa shape index (κ2) is 5.82. The molecule has 2 rings (SSSR count). The summed E-state index contributed by atoms with van der Waals surface area (Å²) in [6.45, 7) is 5.41. The number of allylic oxidation sites excluding steroid dienone is 1. The topological polar surface area (TPSA) is 29.9 Å². The third-order valence-electron chi connectivity index (χ3n) is 3.66. The molecule has 1 aliphatic rings. The fourth-order valence-electron chi connectivity index (χ4n) is 2.64. The van der Waals surface area contributed by atoms with E-state index in [1.54, 1.807) is 13.1 Å². The van der Waals surface area contributed by atoms with Crippen LogP contribution in [0.15, 0.2) is 18.7 Å². The molecule has 1 N–H and O–H groups in total. The van der Waals surface area contributed by atoms with E-state index in [4.69, 9.17) is 0 Å². The maximum atomic E-state index is 13.9. The zero-order valence-electron chi connectivity index (χ0n) is 11.3. The van der Waals surface area contributed by atoms with Gasteiger partial charge in [-0.25, -0.2) is 0 Å². The molecule has 3 nitrogen and oxygen atoms in total. The number of halogens is 2. The van der Waals surface area contributed by atoms with Crippen LogP contribution in [0.5, 0.6) is 0 Å². The maximum Gasteiger partial charge on any atom is 0.292 e. The van der Waals surface area contributed by atoms with E-state index in [9.17, 15) is 8.78 Å². The largest absolute Gasteiger partial charge is 0.317 e. The van der Waals surface area contributed by atoms with Gasteiger partial charge in [0.25, 0.3) is 5.92 Å². The van der Waals surface area contributed by atoms with Crippen LogP contribution >= 0.6 is 0 Å². The lowest BCUT2D eigenvalue weighted by Gasteiger charge is -2.21. The average molecular weight is 269 g/mol. The molecular formula is C14H21F2N3. The molecular weight excluding hydrogens is 248 g/mol. The van der Waals surface area contributed by atoms with Crippen molar-refractivity contribution in [3.63, 3.8) is 0 Å². The SMILES string of the molecule is C=CCC(F)(F)c1cc(CC2CCNCC2)nn1C. The Morgan fingerprint density at radius 2 is 2.21 bits per heavy atom. The molecule has 1 aromatic heterocycles. The van der Waals surface area contributed by atoms with E-state index < -0.39 is 5.92 Å². The molecule has 0 amide bonds. The number of alkyl halides is 2. The summed E-state index contributed by atoms with van der Waals surface area (Å²) in [5.41, 5.74) is 0.754. The highest BCUT2D eigenvalue weighted by Gasteiger charge is 2.34. The fourth-order valence-corrected chi connectivity index (χ4v) is 2.64. The first-order chi connectivity index (χ1) is 9.03. The number of piperidine rings is 1. The van der Waals surface area contributed by atoms with E-state index in [2.05, 4.69) is 17.0 Å². The van der Waals surface area contributed by atoms with Crippen molar-refractivity contribution in [2.24, 2.45) is 13.0 Å². The summed E-state index contributed by atoms with van der Waals surface area (Å²) in [6.07, 6.45) is 3.88. The van der Waals surface area contributed by atoms with Crippen molar-refractivity contribution in [3.05, 3.63) is 30.1 Å². The first kappa shape index (κ1) is 14.2. The molecule has 1 saturated heterocycles. The first-order valence-corrected chi connectivity index (χ1v) is 6.76. The third-order valence-corrected chi connectivity index (χ3v) is 3.66. The smallest absolute Gasteiger partial charge is 0.292 e.